The summed E-state index contributed by atoms with van der Waals surface area (Å²) in [6.45, 7) is 3.73. The first-order valence-corrected chi connectivity index (χ1v) is 8.21. The minimum atomic E-state index is 0.546. The first-order chi connectivity index (χ1) is 9.09. The van der Waals surface area contributed by atoms with Gasteiger partial charge in [0.1, 0.15) is 0 Å². The maximum atomic E-state index is 6.35. The van der Waals surface area contributed by atoms with Crippen LogP contribution in [0.2, 0.25) is 0 Å². The Morgan fingerprint density at radius 3 is 2.11 bits per heavy atom. The van der Waals surface area contributed by atoms with Crippen LogP contribution in [0.3, 0.4) is 0 Å². The number of rotatable bonds is 5. The van der Waals surface area contributed by atoms with Crippen LogP contribution in [-0.2, 0) is 4.74 Å². The summed E-state index contributed by atoms with van der Waals surface area (Å²) in [5.74, 6) is 0.939. The molecular formula is C16H33N2O+. The fourth-order valence-corrected chi connectivity index (χ4v) is 3.56. The average Bonchev–Trinajstić information content (AvgIpc) is 2.40. The summed E-state index contributed by atoms with van der Waals surface area (Å²) in [6, 6.07) is 0. The van der Waals surface area contributed by atoms with Crippen molar-refractivity contribution in [2.24, 2.45) is 5.92 Å². The van der Waals surface area contributed by atoms with E-state index in [0.717, 1.165) is 5.92 Å². The van der Waals surface area contributed by atoms with Crippen molar-refractivity contribution in [1.82, 2.24) is 5.32 Å². The minimum Gasteiger partial charge on any atom is -0.375 e. The lowest BCUT2D eigenvalue weighted by Crippen LogP contribution is -2.48. The Hall–Kier alpha value is -0.120. The standard InChI is InChI=1S/C16H33N2O/c1-17-11-8-14-4-6-15(7-5-14)19-16-9-12-18(2,3)13-10-16/h14-17H,4-13H2,1-3H3/q+1. The first kappa shape index (κ1) is 15.3. The second-order valence-corrected chi connectivity index (χ2v) is 7.25. The highest BCUT2D eigenvalue weighted by molar-refractivity contribution is 4.75. The van der Waals surface area contributed by atoms with E-state index in [4.69, 9.17) is 4.74 Å². The number of nitrogens with one attached hydrogen (secondary N) is 1. The van der Waals surface area contributed by atoms with Gasteiger partial charge < -0.3 is 14.5 Å². The van der Waals surface area contributed by atoms with Crippen molar-refractivity contribution in [1.29, 1.82) is 0 Å². The molecule has 3 nitrogen and oxygen atoms in total. The lowest BCUT2D eigenvalue weighted by atomic mass is 9.85. The van der Waals surface area contributed by atoms with Crippen LogP contribution in [0.1, 0.15) is 44.9 Å². The SMILES string of the molecule is CNCCC1CCC(OC2CC[N+](C)(C)CC2)CC1. The third-order valence-corrected chi connectivity index (χ3v) is 5.09. The van der Waals surface area contributed by atoms with Crippen molar-refractivity contribution in [3.63, 3.8) is 0 Å². The fraction of sp³-hybridized carbons (Fsp3) is 1.00. The molecule has 0 amide bonds. The quantitative estimate of drug-likeness (QED) is 0.774. The minimum absolute atomic E-state index is 0.546. The van der Waals surface area contributed by atoms with Gasteiger partial charge in [-0.15, -0.1) is 0 Å². The van der Waals surface area contributed by atoms with E-state index in [2.05, 4.69) is 26.5 Å². The molecule has 19 heavy (non-hydrogen) atoms. The molecule has 0 bridgehead atoms. The molecule has 1 N–H and O–H groups in total. The molecular weight excluding hydrogens is 236 g/mol. The normalized spacial score (nSPS) is 32.4. The van der Waals surface area contributed by atoms with E-state index in [1.54, 1.807) is 0 Å². The molecule has 0 aromatic carbocycles. The van der Waals surface area contributed by atoms with E-state index in [9.17, 15) is 0 Å². The van der Waals surface area contributed by atoms with Crippen LogP contribution in [0.15, 0.2) is 0 Å². The Kier molecular flexibility index (Phi) is 5.67. The topological polar surface area (TPSA) is 21.3 Å². The predicted molar refractivity (Wildman–Crippen MR) is 80.2 cm³/mol. The Morgan fingerprint density at radius 2 is 1.53 bits per heavy atom. The number of nitrogens with zero attached hydrogens (tertiary/aromatic N) is 1. The molecule has 2 rings (SSSR count). The van der Waals surface area contributed by atoms with Gasteiger partial charge in [0.15, 0.2) is 0 Å². The van der Waals surface area contributed by atoms with Gasteiger partial charge in [0.05, 0.1) is 39.4 Å². The molecule has 1 aliphatic heterocycles. The molecule has 0 unspecified atom stereocenters. The monoisotopic (exact) mass is 269 g/mol. The van der Waals surface area contributed by atoms with Crippen LogP contribution in [0.4, 0.5) is 0 Å². The summed E-state index contributed by atoms with van der Waals surface area (Å²) >= 11 is 0. The maximum Gasteiger partial charge on any atom is 0.0807 e. The van der Waals surface area contributed by atoms with E-state index < -0.39 is 0 Å². The van der Waals surface area contributed by atoms with Crippen molar-refractivity contribution in [2.75, 3.05) is 40.8 Å². The summed E-state index contributed by atoms with van der Waals surface area (Å²) in [5, 5.41) is 3.27. The third-order valence-electron chi connectivity index (χ3n) is 5.09. The smallest absolute Gasteiger partial charge is 0.0807 e. The molecule has 1 saturated heterocycles. The second-order valence-electron chi connectivity index (χ2n) is 7.25. The van der Waals surface area contributed by atoms with Crippen LogP contribution in [0, 0.1) is 5.92 Å². The van der Waals surface area contributed by atoms with Gasteiger partial charge in [-0.25, -0.2) is 0 Å². The van der Waals surface area contributed by atoms with Crippen molar-refractivity contribution >= 4 is 0 Å². The van der Waals surface area contributed by atoms with Crippen molar-refractivity contribution in [3.8, 4) is 0 Å². The Bertz CT molecular complexity index is 249. The van der Waals surface area contributed by atoms with Crippen LogP contribution < -0.4 is 5.32 Å². The highest BCUT2D eigenvalue weighted by Crippen LogP contribution is 2.30. The van der Waals surface area contributed by atoms with Crippen molar-refractivity contribution < 1.29 is 9.22 Å². The molecule has 2 fully saturated rings. The molecule has 3 heteroatoms. The molecule has 0 spiro atoms. The summed E-state index contributed by atoms with van der Waals surface area (Å²) in [6.07, 6.45) is 10.3. The zero-order valence-electron chi connectivity index (χ0n) is 13.2. The van der Waals surface area contributed by atoms with Gasteiger partial charge in [-0.2, -0.15) is 0 Å². The van der Waals surface area contributed by atoms with Gasteiger partial charge in [-0.1, -0.05) is 0 Å². The van der Waals surface area contributed by atoms with Crippen molar-refractivity contribution in [3.05, 3.63) is 0 Å². The zero-order chi connectivity index (χ0) is 13.7. The molecule has 112 valence electrons. The molecule has 0 aromatic rings. The zero-order valence-corrected chi connectivity index (χ0v) is 13.2. The number of likely N-dealkylation sites (tertiary alicyclic amines) is 1. The molecule has 1 aliphatic carbocycles. The molecule has 0 aromatic heterocycles. The van der Waals surface area contributed by atoms with E-state index in [1.165, 1.54) is 69.1 Å². The third kappa shape index (κ3) is 5.05. The summed E-state index contributed by atoms with van der Waals surface area (Å²) in [7, 11) is 6.73. The van der Waals surface area contributed by atoms with Crippen LogP contribution in [0.5, 0.6) is 0 Å². The van der Waals surface area contributed by atoms with Gasteiger partial charge in [0.2, 0.25) is 0 Å². The lowest BCUT2D eigenvalue weighted by molar-refractivity contribution is -0.896. The van der Waals surface area contributed by atoms with Crippen LogP contribution in [0.25, 0.3) is 0 Å². The maximum absolute atomic E-state index is 6.35. The second kappa shape index (κ2) is 7.05. The number of hydrogen-bond acceptors (Lipinski definition) is 2. The Balaban J connectivity index is 1.63. The lowest BCUT2D eigenvalue weighted by Gasteiger charge is -2.39. The number of hydrogen-bond donors (Lipinski definition) is 1. The van der Waals surface area contributed by atoms with Gasteiger partial charge >= 0.3 is 0 Å². The summed E-state index contributed by atoms with van der Waals surface area (Å²) < 4.78 is 7.53. The van der Waals surface area contributed by atoms with E-state index in [0.29, 0.717) is 12.2 Å². The highest BCUT2D eigenvalue weighted by Gasteiger charge is 2.30. The predicted octanol–water partition coefficient (Wildman–Crippen LogP) is 2.41. The van der Waals surface area contributed by atoms with E-state index in [-0.39, 0.29) is 0 Å². The average molecular weight is 269 g/mol. The van der Waals surface area contributed by atoms with Crippen molar-refractivity contribution in [2.45, 2.75) is 57.2 Å². The summed E-state index contributed by atoms with van der Waals surface area (Å²) in [4.78, 5) is 0. The van der Waals surface area contributed by atoms with Gasteiger partial charge in [-0.05, 0) is 51.6 Å². The van der Waals surface area contributed by atoms with E-state index >= 15 is 0 Å². The fourth-order valence-electron chi connectivity index (χ4n) is 3.56. The Labute approximate surface area is 119 Å². The highest BCUT2D eigenvalue weighted by atomic mass is 16.5. The number of quaternary nitrogens is 1. The molecule has 0 radical (unpaired) electrons. The van der Waals surface area contributed by atoms with E-state index in [1.807, 2.05) is 0 Å². The van der Waals surface area contributed by atoms with Crippen LogP contribution >= 0.6 is 0 Å². The molecule has 0 atom stereocenters. The van der Waals surface area contributed by atoms with Gasteiger partial charge in [0, 0.05) is 12.8 Å². The largest absolute Gasteiger partial charge is 0.375 e. The Morgan fingerprint density at radius 1 is 0.947 bits per heavy atom. The van der Waals surface area contributed by atoms with Crippen LogP contribution in [-0.4, -0.2) is 57.5 Å². The molecule has 1 saturated carbocycles. The molecule has 1 heterocycles. The number of ether oxygens (including phenoxy) is 1. The molecule has 2 aliphatic rings. The van der Waals surface area contributed by atoms with Gasteiger partial charge in [0.25, 0.3) is 0 Å². The number of piperidine rings is 1. The van der Waals surface area contributed by atoms with Gasteiger partial charge in [-0.3, -0.25) is 0 Å². The summed E-state index contributed by atoms with van der Waals surface area (Å²) in [5.41, 5.74) is 0. The first-order valence-electron chi connectivity index (χ1n) is 8.21.